The topological polar surface area (TPSA) is 149 Å². The molecule has 7 unspecified atom stereocenters. The zero-order valence-electron chi connectivity index (χ0n) is 32.5. The molecule has 0 saturated carbocycles. The largest absolute Gasteiger partial charge is 0.394 e. The number of allylic oxidation sites excluding steroid dienone is 15. The summed E-state index contributed by atoms with van der Waals surface area (Å²) >= 11 is 0. The average molecular weight is 742 g/mol. The molecule has 0 radical (unpaired) electrons. The van der Waals surface area contributed by atoms with Crippen molar-refractivity contribution in [1.82, 2.24) is 5.32 Å². The molecule has 1 fully saturated rings. The minimum Gasteiger partial charge on any atom is -0.394 e. The Labute approximate surface area is 320 Å². The summed E-state index contributed by atoms with van der Waals surface area (Å²) in [5.41, 5.74) is 0. The Kier molecular flexibility index (Phi) is 30.6. The third-order valence-electron chi connectivity index (χ3n) is 8.64. The lowest BCUT2D eigenvalue weighted by Crippen LogP contribution is -2.60. The van der Waals surface area contributed by atoms with Gasteiger partial charge in [0.15, 0.2) is 6.29 Å². The van der Waals surface area contributed by atoms with Crippen molar-refractivity contribution in [2.75, 3.05) is 13.2 Å². The molecule has 1 aliphatic heterocycles. The van der Waals surface area contributed by atoms with Gasteiger partial charge in [0, 0.05) is 6.42 Å². The van der Waals surface area contributed by atoms with Crippen molar-refractivity contribution in [3.8, 4) is 0 Å². The predicted octanol–water partition coefficient (Wildman–Crippen LogP) is 7.38. The molecular formula is C44H71NO8. The van der Waals surface area contributed by atoms with Crippen LogP contribution in [-0.2, 0) is 14.3 Å². The van der Waals surface area contributed by atoms with E-state index in [1.165, 1.54) is 19.3 Å². The van der Waals surface area contributed by atoms with Crippen molar-refractivity contribution >= 4 is 5.91 Å². The minimum atomic E-state index is -1.58. The molecule has 1 saturated heterocycles. The van der Waals surface area contributed by atoms with Crippen LogP contribution in [0.15, 0.2) is 97.2 Å². The number of unbranched alkanes of at least 4 members (excludes halogenated alkanes) is 6. The maximum absolute atomic E-state index is 12.9. The average Bonchev–Trinajstić information content (AvgIpc) is 3.16. The quantitative estimate of drug-likeness (QED) is 0.0330. The molecule has 1 aliphatic rings. The third-order valence-corrected chi connectivity index (χ3v) is 8.64. The number of aliphatic hydroxyl groups excluding tert-OH is 5. The van der Waals surface area contributed by atoms with Crippen LogP contribution in [0.3, 0.4) is 0 Å². The summed E-state index contributed by atoms with van der Waals surface area (Å²) in [5, 5.41) is 53.8. The van der Waals surface area contributed by atoms with E-state index in [1.54, 1.807) is 6.08 Å². The first-order valence-corrected chi connectivity index (χ1v) is 20.0. The van der Waals surface area contributed by atoms with Gasteiger partial charge in [-0.25, -0.2) is 0 Å². The molecule has 0 aromatic heterocycles. The SMILES string of the molecule is CC/C=C\C/C=C\C/C=C\C/C=C\C/C=C\C/C=C\CCCCC(=O)NC(COC1OC(CO)C(O)C(O)C1O)C(O)/C=C/CC/C=C/CCCCC. The first-order chi connectivity index (χ1) is 25.8. The Morgan fingerprint density at radius 2 is 1.17 bits per heavy atom. The smallest absolute Gasteiger partial charge is 0.220 e. The monoisotopic (exact) mass is 742 g/mol. The number of amides is 1. The second kappa shape index (κ2) is 33.7. The number of aliphatic hydroxyl groups is 5. The zero-order chi connectivity index (χ0) is 38.8. The van der Waals surface area contributed by atoms with E-state index in [2.05, 4.69) is 104 Å². The normalized spacial score (nSPS) is 22.7. The molecule has 0 aromatic carbocycles. The highest BCUT2D eigenvalue weighted by Gasteiger charge is 2.44. The molecule has 6 N–H and O–H groups in total. The Morgan fingerprint density at radius 1 is 0.660 bits per heavy atom. The van der Waals surface area contributed by atoms with Crippen LogP contribution < -0.4 is 5.32 Å². The number of nitrogens with one attached hydrogen (secondary N) is 1. The Bertz CT molecular complexity index is 1140. The number of carbonyl (C=O) groups excluding carboxylic acids is 1. The number of ether oxygens (including phenoxy) is 2. The zero-order valence-corrected chi connectivity index (χ0v) is 32.5. The third kappa shape index (κ3) is 24.9. The predicted molar refractivity (Wildman–Crippen MR) is 216 cm³/mol. The Morgan fingerprint density at radius 3 is 1.74 bits per heavy atom. The highest BCUT2D eigenvalue weighted by molar-refractivity contribution is 5.76. The highest BCUT2D eigenvalue weighted by Crippen LogP contribution is 2.22. The summed E-state index contributed by atoms with van der Waals surface area (Å²) in [5.74, 6) is -0.238. The van der Waals surface area contributed by atoms with Gasteiger partial charge in [0.05, 0.1) is 25.4 Å². The van der Waals surface area contributed by atoms with Gasteiger partial charge in [0.2, 0.25) is 5.91 Å². The maximum Gasteiger partial charge on any atom is 0.220 e. The van der Waals surface area contributed by atoms with Gasteiger partial charge in [-0.05, 0) is 83.5 Å². The molecule has 7 atom stereocenters. The lowest BCUT2D eigenvalue weighted by atomic mass is 9.99. The Hall–Kier alpha value is -2.89. The maximum atomic E-state index is 12.9. The molecule has 0 spiro atoms. The fraction of sp³-hybridized carbons (Fsp3) is 0.614. The fourth-order valence-corrected chi connectivity index (χ4v) is 5.41. The van der Waals surface area contributed by atoms with Crippen molar-refractivity contribution < 1.29 is 39.8 Å². The van der Waals surface area contributed by atoms with E-state index in [1.807, 2.05) is 6.08 Å². The summed E-state index contributed by atoms with van der Waals surface area (Å²) < 4.78 is 11.1. The highest BCUT2D eigenvalue weighted by atomic mass is 16.7. The molecule has 53 heavy (non-hydrogen) atoms. The fourth-order valence-electron chi connectivity index (χ4n) is 5.41. The number of rotatable bonds is 30. The van der Waals surface area contributed by atoms with Crippen molar-refractivity contribution in [2.24, 2.45) is 0 Å². The summed E-state index contributed by atoms with van der Waals surface area (Å²) in [6.07, 6.45) is 40.3. The van der Waals surface area contributed by atoms with Crippen molar-refractivity contribution in [2.45, 2.75) is 159 Å². The van der Waals surface area contributed by atoms with E-state index in [0.717, 1.165) is 70.6 Å². The van der Waals surface area contributed by atoms with E-state index in [4.69, 9.17) is 9.47 Å². The molecule has 300 valence electrons. The molecule has 0 aliphatic carbocycles. The number of carbonyl (C=O) groups is 1. The summed E-state index contributed by atoms with van der Waals surface area (Å²) in [7, 11) is 0. The van der Waals surface area contributed by atoms with Crippen molar-refractivity contribution in [3.63, 3.8) is 0 Å². The summed E-state index contributed by atoms with van der Waals surface area (Å²) in [6, 6.07) is -0.848. The van der Waals surface area contributed by atoms with E-state index in [0.29, 0.717) is 6.42 Å². The van der Waals surface area contributed by atoms with Crippen LogP contribution in [0.4, 0.5) is 0 Å². The van der Waals surface area contributed by atoms with Crippen LogP contribution >= 0.6 is 0 Å². The molecule has 0 bridgehead atoms. The molecule has 1 rings (SSSR count). The van der Waals surface area contributed by atoms with Gasteiger partial charge in [0.25, 0.3) is 0 Å². The van der Waals surface area contributed by atoms with Gasteiger partial charge in [-0.3, -0.25) is 4.79 Å². The van der Waals surface area contributed by atoms with E-state index in [9.17, 15) is 30.3 Å². The Balaban J connectivity index is 2.44. The van der Waals surface area contributed by atoms with Crippen LogP contribution in [0.5, 0.6) is 0 Å². The van der Waals surface area contributed by atoms with Crippen LogP contribution in [0.1, 0.15) is 117 Å². The van der Waals surface area contributed by atoms with Crippen molar-refractivity contribution in [3.05, 3.63) is 97.2 Å². The first-order valence-electron chi connectivity index (χ1n) is 20.0. The van der Waals surface area contributed by atoms with Crippen molar-refractivity contribution in [1.29, 1.82) is 0 Å². The second-order valence-corrected chi connectivity index (χ2v) is 13.3. The molecule has 0 aromatic rings. The van der Waals surface area contributed by atoms with Gasteiger partial charge in [-0.2, -0.15) is 0 Å². The van der Waals surface area contributed by atoms with Crippen LogP contribution in [0.25, 0.3) is 0 Å². The van der Waals surface area contributed by atoms with Gasteiger partial charge in [-0.15, -0.1) is 0 Å². The van der Waals surface area contributed by atoms with E-state index >= 15 is 0 Å². The minimum absolute atomic E-state index is 0.226. The van der Waals surface area contributed by atoms with Gasteiger partial charge in [0.1, 0.15) is 24.4 Å². The van der Waals surface area contributed by atoms with Crippen LogP contribution in [0, 0.1) is 0 Å². The van der Waals surface area contributed by atoms with Gasteiger partial charge in [-0.1, -0.05) is 124 Å². The van der Waals surface area contributed by atoms with Gasteiger partial charge >= 0.3 is 0 Å². The molecule has 1 amide bonds. The lowest BCUT2D eigenvalue weighted by Gasteiger charge is -2.40. The van der Waals surface area contributed by atoms with Gasteiger partial charge < -0.3 is 40.3 Å². The van der Waals surface area contributed by atoms with E-state index < -0.39 is 49.5 Å². The standard InChI is InChI=1S/C44H71NO8/c1-3-5-7-9-11-13-14-15-16-17-18-19-20-21-22-23-24-26-28-30-32-34-40(48)45-37(38(47)33-31-29-27-25-12-10-8-6-4-2)36-52-44-43(51)42(50)41(49)39(35-46)53-44/h5,7,11-13,15-16,18-19,21-22,24-26,31,33,37-39,41-44,46-47,49-51H,3-4,6,8-10,14,17,20,23,27-30,32,34-36H2,1-2H3,(H,45,48)/b7-5-,13-11-,16-15-,19-18-,22-21-,25-12+,26-24-,33-31+. The lowest BCUT2D eigenvalue weighted by molar-refractivity contribution is -0.302. The molecular weight excluding hydrogens is 670 g/mol. The van der Waals surface area contributed by atoms with Crippen LogP contribution in [0.2, 0.25) is 0 Å². The molecule has 1 heterocycles. The number of hydrogen-bond acceptors (Lipinski definition) is 8. The number of hydrogen-bond donors (Lipinski definition) is 6. The molecule has 9 nitrogen and oxygen atoms in total. The first kappa shape index (κ1) is 48.1. The molecule has 9 heteroatoms. The van der Waals surface area contributed by atoms with E-state index in [-0.39, 0.29) is 18.9 Å². The second-order valence-electron chi connectivity index (χ2n) is 13.3. The summed E-state index contributed by atoms with van der Waals surface area (Å²) in [6.45, 7) is 3.51. The summed E-state index contributed by atoms with van der Waals surface area (Å²) in [4.78, 5) is 12.9. The van der Waals surface area contributed by atoms with Crippen LogP contribution in [-0.4, -0.2) is 87.5 Å².